The second-order valence-electron chi connectivity index (χ2n) is 7.60. The van der Waals surface area contributed by atoms with Gasteiger partial charge in [-0.15, -0.1) is 12.4 Å². The van der Waals surface area contributed by atoms with Crippen molar-refractivity contribution < 1.29 is 14.7 Å². The van der Waals surface area contributed by atoms with E-state index < -0.39 is 5.91 Å². The number of piperidine rings is 1. The first-order chi connectivity index (χ1) is 14.8. The third-order valence-corrected chi connectivity index (χ3v) is 6.15. The third-order valence-electron chi connectivity index (χ3n) is 5.52. The molecule has 1 aromatic carbocycles. The summed E-state index contributed by atoms with van der Waals surface area (Å²) in [5, 5.41) is 13.0. The van der Waals surface area contributed by atoms with Crippen LogP contribution in [0.3, 0.4) is 0 Å². The first-order valence-corrected chi connectivity index (χ1v) is 10.8. The molecule has 32 heavy (non-hydrogen) atoms. The minimum Gasteiger partial charge on any atom is -0.393 e. The summed E-state index contributed by atoms with van der Waals surface area (Å²) in [5.74, 6) is -0.442. The molecule has 10 heteroatoms. The Labute approximate surface area is 201 Å². The highest BCUT2D eigenvalue weighted by atomic mass is 35.5. The highest BCUT2D eigenvalue weighted by molar-refractivity contribution is 6.40. The highest BCUT2D eigenvalue weighted by Gasteiger charge is 2.24. The number of aliphatic hydroxyl groups excluding tert-OH is 1. The van der Waals surface area contributed by atoms with Gasteiger partial charge in [0.1, 0.15) is 0 Å². The number of nitrogens with zero attached hydrogens (tertiary/aromatic N) is 3. The zero-order valence-corrected chi connectivity index (χ0v) is 19.7. The van der Waals surface area contributed by atoms with Crippen molar-refractivity contribution in [3.63, 3.8) is 0 Å². The number of pyridine rings is 1. The third kappa shape index (κ3) is 4.86. The van der Waals surface area contributed by atoms with Gasteiger partial charge in [-0.25, -0.2) is 4.98 Å². The number of hydrogen-bond donors (Lipinski definition) is 2. The van der Waals surface area contributed by atoms with Gasteiger partial charge >= 0.3 is 0 Å². The van der Waals surface area contributed by atoms with Gasteiger partial charge in [0.05, 0.1) is 45.2 Å². The predicted octanol–water partition coefficient (Wildman–Crippen LogP) is 4.15. The number of amides is 2. The van der Waals surface area contributed by atoms with Crippen LogP contribution in [0, 0.1) is 6.92 Å². The number of anilines is 1. The van der Waals surface area contributed by atoms with Crippen LogP contribution in [0.4, 0.5) is 5.69 Å². The fourth-order valence-electron chi connectivity index (χ4n) is 3.81. The number of hydrogen-bond acceptors (Lipinski definition) is 4. The normalized spacial score (nSPS) is 14.3. The Kier molecular flexibility index (Phi) is 7.67. The largest absolute Gasteiger partial charge is 0.393 e. The van der Waals surface area contributed by atoms with Crippen LogP contribution in [0.2, 0.25) is 10.0 Å². The zero-order valence-electron chi connectivity index (χ0n) is 17.3. The number of halogens is 3. The molecule has 1 saturated heterocycles. The average molecular weight is 498 g/mol. The molecular formula is C22H23Cl3N4O3. The quantitative estimate of drug-likeness (QED) is 0.567. The van der Waals surface area contributed by atoms with Crippen molar-refractivity contribution in [2.24, 2.45) is 0 Å². The SMILES string of the molecule is Cc1nc2c(NC(=O)c3c(Cl)cccc3Cl)cccn2c1CC(=O)N1CCC(O)CC1.Cl. The molecular weight excluding hydrogens is 475 g/mol. The van der Waals surface area contributed by atoms with Crippen molar-refractivity contribution in [2.45, 2.75) is 32.3 Å². The molecule has 170 valence electrons. The summed E-state index contributed by atoms with van der Waals surface area (Å²) in [6.45, 7) is 2.94. The number of aliphatic hydroxyl groups is 1. The highest BCUT2D eigenvalue weighted by Crippen LogP contribution is 2.27. The van der Waals surface area contributed by atoms with E-state index in [1.807, 2.05) is 17.5 Å². The number of carbonyl (C=O) groups is 2. The Balaban J connectivity index is 0.00000289. The summed E-state index contributed by atoms with van der Waals surface area (Å²) < 4.78 is 1.82. The van der Waals surface area contributed by atoms with Gasteiger partial charge in [-0.05, 0) is 44.0 Å². The second kappa shape index (κ2) is 10.1. The molecule has 0 unspecified atom stereocenters. The minimum absolute atomic E-state index is 0. The number of benzene rings is 1. The molecule has 0 spiro atoms. The van der Waals surface area contributed by atoms with Crippen molar-refractivity contribution in [2.75, 3.05) is 18.4 Å². The number of rotatable bonds is 4. The number of carbonyl (C=O) groups excluding carboxylic acids is 2. The van der Waals surface area contributed by atoms with Gasteiger partial charge < -0.3 is 19.7 Å². The lowest BCUT2D eigenvalue weighted by molar-refractivity contribution is -0.132. The van der Waals surface area contributed by atoms with Crippen LogP contribution in [-0.2, 0) is 11.2 Å². The lowest BCUT2D eigenvalue weighted by atomic mass is 10.1. The van der Waals surface area contributed by atoms with Gasteiger partial charge in [0.15, 0.2) is 5.65 Å². The molecule has 1 aliphatic rings. The zero-order chi connectivity index (χ0) is 22.1. The standard InChI is InChI=1S/C22H22Cl2N4O3.ClH/c1-13-18(12-19(30)27-10-7-14(29)8-11-27)28-9-3-6-17(21(28)25-13)26-22(31)20-15(23)4-2-5-16(20)24;/h2-6,9,14,29H,7-8,10-12H2,1H3,(H,26,31);1H. The first-order valence-electron chi connectivity index (χ1n) is 10.0. The maximum atomic E-state index is 12.8. The van der Waals surface area contributed by atoms with Gasteiger partial charge in [-0.1, -0.05) is 29.3 Å². The van der Waals surface area contributed by atoms with Gasteiger partial charge in [-0.3, -0.25) is 9.59 Å². The van der Waals surface area contributed by atoms with E-state index >= 15 is 0 Å². The summed E-state index contributed by atoms with van der Waals surface area (Å²) >= 11 is 12.3. The molecule has 4 rings (SSSR count). The molecule has 7 nitrogen and oxygen atoms in total. The number of fused-ring (bicyclic) bond motifs is 1. The van der Waals surface area contributed by atoms with E-state index in [4.69, 9.17) is 23.2 Å². The van der Waals surface area contributed by atoms with E-state index in [2.05, 4.69) is 10.3 Å². The van der Waals surface area contributed by atoms with E-state index in [0.29, 0.717) is 43.0 Å². The number of aryl methyl sites for hydroxylation is 1. The average Bonchev–Trinajstić information content (AvgIpc) is 3.05. The van der Waals surface area contributed by atoms with Crippen molar-refractivity contribution in [3.8, 4) is 0 Å². The van der Waals surface area contributed by atoms with Gasteiger partial charge in [0.2, 0.25) is 5.91 Å². The van der Waals surface area contributed by atoms with Crippen LogP contribution >= 0.6 is 35.6 Å². The maximum absolute atomic E-state index is 12.8. The van der Waals surface area contributed by atoms with Crippen LogP contribution in [0.5, 0.6) is 0 Å². The molecule has 0 saturated carbocycles. The number of aromatic nitrogens is 2. The number of imidazole rings is 1. The van der Waals surface area contributed by atoms with Crippen molar-refractivity contribution in [1.82, 2.24) is 14.3 Å². The Hall–Kier alpha value is -2.32. The lowest BCUT2D eigenvalue weighted by Gasteiger charge is -2.29. The van der Waals surface area contributed by atoms with Crippen molar-refractivity contribution >= 4 is 58.8 Å². The van der Waals surface area contributed by atoms with E-state index in [1.165, 1.54) is 0 Å². The monoisotopic (exact) mass is 496 g/mol. The number of likely N-dealkylation sites (tertiary alicyclic amines) is 1. The molecule has 2 aromatic heterocycles. The van der Waals surface area contributed by atoms with E-state index in [9.17, 15) is 14.7 Å². The smallest absolute Gasteiger partial charge is 0.258 e. The Bertz CT molecular complexity index is 1140. The van der Waals surface area contributed by atoms with E-state index in [-0.39, 0.29) is 46.4 Å². The molecule has 0 aliphatic carbocycles. The molecule has 2 amide bonds. The van der Waals surface area contributed by atoms with Gasteiger partial charge in [0.25, 0.3) is 5.91 Å². The van der Waals surface area contributed by atoms with Crippen LogP contribution < -0.4 is 5.32 Å². The van der Waals surface area contributed by atoms with Crippen LogP contribution in [0.1, 0.15) is 34.6 Å². The molecule has 2 N–H and O–H groups in total. The van der Waals surface area contributed by atoms with Gasteiger partial charge in [0, 0.05) is 19.3 Å². The maximum Gasteiger partial charge on any atom is 0.258 e. The Morgan fingerprint density at radius 2 is 1.81 bits per heavy atom. The van der Waals surface area contributed by atoms with Crippen molar-refractivity contribution in [3.05, 3.63) is 63.5 Å². The summed E-state index contributed by atoms with van der Waals surface area (Å²) in [6.07, 6.45) is 2.86. The molecule has 1 fully saturated rings. The Morgan fingerprint density at radius 1 is 1.16 bits per heavy atom. The van der Waals surface area contributed by atoms with Gasteiger partial charge in [-0.2, -0.15) is 0 Å². The predicted molar refractivity (Wildman–Crippen MR) is 127 cm³/mol. The molecule has 0 bridgehead atoms. The first kappa shape index (κ1) is 24.3. The van der Waals surface area contributed by atoms with Crippen LogP contribution in [0.25, 0.3) is 5.65 Å². The summed E-state index contributed by atoms with van der Waals surface area (Å²) in [5.41, 5.74) is 2.69. The molecule has 3 heterocycles. The molecule has 3 aromatic rings. The van der Waals surface area contributed by atoms with Crippen LogP contribution in [0.15, 0.2) is 36.5 Å². The lowest BCUT2D eigenvalue weighted by Crippen LogP contribution is -2.41. The summed E-state index contributed by atoms with van der Waals surface area (Å²) in [6, 6.07) is 8.40. The summed E-state index contributed by atoms with van der Waals surface area (Å²) in [4.78, 5) is 32.0. The fraction of sp³-hybridized carbons (Fsp3) is 0.318. The Morgan fingerprint density at radius 3 is 2.47 bits per heavy atom. The number of nitrogens with one attached hydrogen (secondary N) is 1. The molecule has 0 atom stereocenters. The summed E-state index contributed by atoms with van der Waals surface area (Å²) in [7, 11) is 0. The van der Waals surface area contributed by atoms with Crippen molar-refractivity contribution in [1.29, 1.82) is 0 Å². The van der Waals surface area contributed by atoms with Crippen LogP contribution in [-0.4, -0.2) is 50.4 Å². The molecule has 1 aliphatic heterocycles. The van der Waals surface area contributed by atoms with E-state index in [1.54, 1.807) is 35.2 Å². The molecule has 0 radical (unpaired) electrons. The topological polar surface area (TPSA) is 86.9 Å². The van der Waals surface area contributed by atoms with E-state index in [0.717, 1.165) is 5.69 Å². The fourth-order valence-corrected chi connectivity index (χ4v) is 4.38. The second-order valence-corrected chi connectivity index (χ2v) is 8.41. The minimum atomic E-state index is -0.436.